The van der Waals surface area contributed by atoms with E-state index in [-0.39, 0.29) is 0 Å². The van der Waals surface area contributed by atoms with Crippen LogP contribution in [-0.2, 0) is 9.68 Å². The highest BCUT2D eigenvalue weighted by molar-refractivity contribution is 4.46. The van der Waals surface area contributed by atoms with E-state index in [0.29, 0.717) is 6.61 Å². The van der Waals surface area contributed by atoms with E-state index >= 15 is 0 Å². The number of rotatable bonds is 13. The molecule has 0 aliphatic carbocycles. The van der Waals surface area contributed by atoms with Gasteiger partial charge in [0.25, 0.3) is 0 Å². The second kappa shape index (κ2) is 15.2. The van der Waals surface area contributed by atoms with Crippen LogP contribution >= 0.6 is 0 Å². The number of nitrogens with zero attached hydrogens (tertiary/aromatic N) is 2. The lowest BCUT2D eigenvalue weighted by molar-refractivity contribution is 0.0608. The lowest BCUT2D eigenvalue weighted by Crippen LogP contribution is -1.88. The minimum atomic E-state index is 0.642. The van der Waals surface area contributed by atoms with Crippen LogP contribution in [0.25, 0.3) is 0 Å². The zero-order valence-corrected chi connectivity index (χ0v) is 11.5. The highest BCUT2D eigenvalue weighted by Gasteiger charge is 1.92. The molecule has 102 valence electrons. The van der Waals surface area contributed by atoms with Crippen LogP contribution in [-0.4, -0.2) is 13.7 Å². The molecule has 4 nitrogen and oxygen atoms in total. The van der Waals surface area contributed by atoms with E-state index in [4.69, 9.17) is 4.84 Å². The van der Waals surface area contributed by atoms with Crippen LogP contribution in [0.2, 0.25) is 0 Å². The molecule has 0 saturated heterocycles. The smallest absolute Gasteiger partial charge is 0.119 e. The minimum Gasteiger partial charge on any atom is -0.380 e. The van der Waals surface area contributed by atoms with Crippen molar-refractivity contribution in [2.45, 2.75) is 71.1 Å². The van der Waals surface area contributed by atoms with Crippen molar-refractivity contribution in [1.82, 2.24) is 0 Å². The fourth-order valence-electron chi connectivity index (χ4n) is 1.75. The average Bonchev–Trinajstić information content (AvgIpc) is 2.35. The molecule has 0 radical (unpaired) electrons. The molecule has 0 aromatic rings. The molecule has 0 unspecified atom stereocenters. The molecule has 0 aliphatic rings. The van der Waals surface area contributed by atoms with Crippen molar-refractivity contribution in [2.75, 3.05) is 13.7 Å². The third kappa shape index (κ3) is 15.2. The summed E-state index contributed by atoms with van der Waals surface area (Å²) in [5, 5.41) is 6.63. The standard InChI is InChI=1S/C13H28N2O2/c1-3-4-5-6-7-8-9-10-11-12-13-17-15-14-16-2/h3-13H2,1-2H3/b15-14+. The lowest BCUT2D eigenvalue weighted by Gasteiger charge is -2.01. The third-order valence-electron chi connectivity index (χ3n) is 2.76. The molecule has 0 aromatic carbocycles. The first-order valence-electron chi connectivity index (χ1n) is 6.97. The predicted molar refractivity (Wildman–Crippen MR) is 69.7 cm³/mol. The zero-order chi connectivity index (χ0) is 12.6. The Hall–Kier alpha value is -0.800. The molecule has 0 fully saturated rings. The lowest BCUT2D eigenvalue weighted by atomic mass is 10.1. The summed E-state index contributed by atoms with van der Waals surface area (Å²) in [6.45, 7) is 2.90. The van der Waals surface area contributed by atoms with Crippen molar-refractivity contribution >= 4 is 0 Å². The van der Waals surface area contributed by atoms with Gasteiger partial charge in [-0.2, -0.15) is 0 Å². The Balaban J connectivity index is 2.91. The van der Waals surface area contributed by atoms with Crippen LogP contribution in [0.5, 0.6) is 0 Å². The number of hydrogen-bond donors (Lipinski definition) is 0. The summed E-state index contributed by atoms with van der Waals surface area (Å²) in [4.78, 5) is 9.25. The van der Waals surface area contributed by atoms with Crippen LogP contribution in [0.1, 0.15) is 71.1 Å². The molecule has 0 spiro atoms. The van der Waals surface area contributed by atoms with Gasteiger partial charge in [0.1, 0.15) is 13.7 Å². The van der Waals surface area contributed by atoms with Crippen LogP contribution in [0.3, 0.4) is 0 Å². The first kappa shape index (κ1) is 16.2. The summed E-state index contributed by atoms with van der Waals surface area (Å²) in [5.74, 6) is 0. The fourth-order valence-corrected chi connectivity index (χ4v) is 1.75. The molecule has 0 aliphatic heterocycles. The summed E-state index contributed by atoms with van der Waals surface area (Å²) in [5.41, 5.74) is 0. The summed E-state index contributed by atoms with van der Waals surface area (Å²) in [6, 6.07) is 0. The molecule has 0 heterocycles. The van der Waals surface area contributed by atoms with Gasteiger partial charge in [0.2, 0.25) is 0 Å². The van der Waals surface area contributed by atoms with Crippen LogP contribution in [0.15, 0.2) is 10.6 Å². The summed E-state index contributed by atoms with van der Waals surface area (Å²) >= 11 is 0. The Morgan fingerprint density at radius 1 is 0.706 bits per heavy atom. The van der Waals surface area contributed by atoms with E-state index in [1.54, 1.807) is 0 Å². The predicted octanol–water partition coefficient (Wildman–Crippen LogP) is 4.85. The van der Waals surface area contributed by atoms with Gasteiger partial charge < -0.3 is 9.68 Å². The van der Waals surface area contributed by atoms with Crippen molar-refractivity contribution < 1.29 is 9.68 Å². The molecule has 0 bridgehead atoms. The largest absolute Gasteiger partial charge is 0.380 e. The summed E-state index contributed by atoms with van der Waals surface area (Å²) < 4.78 is 0. The Kier molecular flexibility index (Phi) is 14.5. The topological polar surface area (TPSA) is 43.2 Å². The van der Waals surface area contributed by atoms with E-state index in [0.717, 1.165) is 6.42 Å². The number of unbranched alkanes of at least 4 members (excludes halogenated alkanes) is 9. The van der Waals surface area contributed by atoms with Crippen LogP contribution in [0, 0.1) is 0 Å². The van der Waals surface area contributed by atoms with E-state index in [1.807, 2.05) is 0 Å². The van der Waals surface area contributed by atoms with E-state index in [2.05, 4.69) is 22.3 Å². The Bertz CT molecular complexity index is 163. The van der Waals surface area contributed by atoms with Gasteiger partial charge in [0, 0.05) is 0 Å². The molecule has 0 amide bonds. The summed E-state index contributed by atoms with van der Waals surface area (Å²) in [7, 11) is 1.45. The normalized spacial score (nSPS) is 10.9. The van der Waals surface area contributed by atoms with Crippen molar-refractivity contribution in [3.05, 3.63) is 0 Å². The quantitative estimate of drug-likeness (QED) is 0.264. The minimum absolute atomic E-state index is 0.642. The Morgan fingerprint density at radius 2 is 1.24 bits per heavy atom. The van der Waals surface area contributed by atoms with E-state index in [1.165, 1.54) is 64.9 Å². The average molecular weight is 244 g/mol. The maximum atomic E-state index is 4.88. The second-order valence-electron chi connectivity index (χ2n) is 4.36. The van der Waals surface area contributed by atoms with Crippen LogP contribution in [0.4, 0.5) is 0 Å². The van der Waals surface area contributed by atoms with Gasteiger partial charge in [-0.3, -0.25) is 0 Å². The van der Waals surface area contributed by atoms with Crippen molar-refractivity contribution in [3.8, 4) is 0 Å². The van der Waals surface area contributed by atoms with Crippen molar-refractivity contribution in [1.29, 1.82) is 0 Å². The zero-order valence-electron chi connectivity index (χ0n) is 11.5. The fraction of sp³-hybridized carbons (Fsp3) is 1.00. The third-order valence-corrected chi connectivity index (χ3v) is 2.76. The monoisotopic (exact) mass is 244 g/mol. The maximum Gasteiger partial charge on any atom is 0.119 e. The van der Waals surface area contributed by atoms with Gasteiger partial charge in [0.15, 0.2) is 0 Å². The highest BCUT2D eigenvalue weighted by Crippen LogP contribution is 2.10. The Labute approximate surface area is 106 Å². The molecule has 0 aromatic heterocycles. The van der Waals surface area contributed by atoms with Gasteiger partial charge >= 0.3 is 0 Å². The molecule has 0 rings (SSSR count). The van der Waals surface area contributed by atoms with E-state index in [9.17, 15) is 0 Å². The molecular weight excluding hydrogens is 216 g/mol. The van der Waals surface area contributed by atoms with Gasteiger partial charge in [-0.05, 0) is 12.8 Å². The van der Waals surface area contributed by atoms with Gasteiger partial charge in [-0.15, -0.1) is 0 Å². The molecule has 0 saturated carbocycles. The molecule has 17 heavy (non-hydrogen) atoms. The van der Waals surface area contributed by atoms with Crippen molar-refractivity contribution in [3.63, 3.8) is 0 Å². The highest BCUT2D eigenvalue weighted by atomic mass is 16.7. The number of hydrogen-bond acceptors (Lipinski definition) is 4. The molecule has 0 atom stereocenters. The summed E-state index contributed by atoms with van der Waals surface area (Å²) in [6.07, 6.45) is 13.3. The first-order valence-corrected chi connectivity index (χ1v) is 6.97. The van der Waals surface area contributed by atoms with Gasteiger partial charge in [-0.25, -0.2) is 0 Å². The van der Waals surface area contributed by atoms with Crippen LogP contribution < -0.4 is 0 Å². The molecule has 4 heteroatoms. The SMILES string of the molecule is CCCCCCCCCCCCO/N=N/OC. The first-order chi connectivity index (χ1) is 8.41. The van der Waals surface area contributed by atoms with Gasteiger partial charge in [0.05, 0.1) is 10.6 Å². The Morgan fingerprint density at radius 3 is 1.76 bits per heavy atom. The maximum absolute atomic E-state index is 4.88. The van der Waals surface area contributed by atoms with Crippen molar-refractivity contribution in [2.24, 2.45) is 10.6 Å². The van der Waals surface area contributed by atoms with Gasteiger partial charge in [-0.1, -0.05) is 58.3 Å². The second-order valence-corrected chi connectivity index (χ2v) is 4.36. The molecule has 0 N–H and O–H groups in total. The van der Waals surface area contributed by atoms with E-state index < -0.39 is 0 Å². The molecular formula is C13H28N2O2.